The van der Waals surface area contributed by atoms with E-state index >= 15 is 0 Å². The number of carbonyl (C=O) groups is 3. The number of ketones is 1. The van der Waals surface area contributed by atoms with Crippen molar-refractivity contribution >= 4 is 39.4 Å². The minimum absolute atomic E-state index is 0. The van der Waals surface area contributed by atoms with Crippen LogP contribution in [0.2, 0.25) is 0 Å². The number of hydrogen-bond donors (Lipinski definition) is 1. The van der Waals surface area contributed by atoms with Crippen molar-refractivity contribution in [3.05, 3.63) is 58.4 Å². The molecule has 0 radical (unpaired) electrons. The van der Waals surface area contributed by atoms with Crippen molar-refractivity contribution in [1.29, 1.82) is 0 Å². The first-order chi connectivity index (χ1) is 18.3. The molecule has 0 unspecified atom stereocenters. The first-order valence-corrected chi connectivity index (χ1v) is 13.3. The van der Waals surface area contributed by atoms with Gasteiger partial charge in [-0.1, -0.05) is 6.92 Å². The maximum Gasteiger partial charge on any atom is 1.00 e. The molecule has 6 rings (SSSR count). The van der Waals surface area contributed by atoms with Crippen molar-refractivity contribution in [2.24, 2.45) is 11.8 Å². The van der Waals surface area contributed by atoms with Gasteiger partial charge < -0.3 is 24.6 Å². The number of rotatable bonds is 7. The molecule has 4 atom stereocenters. The van der Waals surface area contributed by atoms with Crippen LogP contribution in [0.25, 0.3) is 10.4 Å². The van der Waals surface area contributed by atoms with Gasteiger partial charge in [-0.15, -0.1) is 11.3 Å². The van der Waals surface area contributed by atoms with E-state index in [4.69, 9.17) is 4.74 Å². The van der Waals surface area contributed by atoms with Crippen LogP contribution in [0.3, 0.4) is 0 Å². The van der Waals surface area contributed by atoms with Crippen molar-refractivity contribution < 1.29 is 58.9 Å². The molecule has 3 aliphatic heterocycles. The van der Waals surface area contributed by atoms with E-state index in [0.717, 1.165) is 18.7 Å². The summed E-state index contributed by atoms with van der Waals surface area (Å²) in [7, 11) is 0. The van der Waals surface area contributed by atoms with Crippen LogP contribution in [-0.4, -0.2) is 85.4 Å². The number of carbonyl (C=O) groups excluding carboxylic acids is 3. The van der Waals surface area contributed by atoms with Gasteiger partial charge in [0, 0.05) is 55.3 Å². The van der Waals surface area contributed by atoms with Gasteiger partial charge in [0.05, 0.1) is 47.8 Å². The van der Waals surface area contributed by atoms with Crippen LogP contribution >= 0.6 is 11.3 Å². The molecule has 1 amide bonds. The zero-order valence-electron chi connectivity index (χ0n) is 21.9. The Morgan fingerprint density at radius 2 is 2.03 bits per heavy atom. The SMILES string of the molecule is C[C@@H](O)[C@H]1C(=O)N2C(C(=O)[O-])=C(c3cn4cnc(C(=O)c5cncc(CN6CCOCC6)c5)c4s3)[C@H](C)[C@H]12.[Na+]. The Hall–Kier alpha value is -2.45. The van der Waals surface area contributed by atoms with Gasteiger partial charge in [-0.05, 0) is 18.6 Å². The molecule has 0 spiro atoms. The van der Waals surface area contributed by atoms with Crippen LogP contribution in [0.1, 0.15) is 40.3 Å². The minimum Gasteiger partial charge on any atom is -0.543 e. The summed E-state index contributed by atoms with van der Waals surface area (Å²) in [5.74, 6) is -3.15. The number of carboxylic acids is 1. The number of thiazole rings is 1. The Morgan fingerprint density at radius 3 is 2.72 bits per heavy atom. The monoisotopic (exact) mass is 559 g/mol. The molecule has 1 N–H and O–H groups in total. The van der Waals surface area contributed by atoms with Crippen molar-refractivity contribution in [3.8, 4) is 0 Å². The van der Waals surface area contributed by atoms with Gasteiger partial charge in [0.2, 0.25) is 11.7 Å². The standard InChI is InChI=1S/C26H27N5O6S.Na/c1-13-18(22(26(35)36)31-21(13)19(14(2)32)24(31)34)17-11-30-12-28-20(25(30)38-17)23(33)16-7-15(8-27-9-16)10-29-3-5-37-6-4-29;/h7-9,11-14,19,21,32H,3-6,10H2,1-2H3,(H,35,36);/q;+1/p-1/t13-,14+,19+,21+;/m0./s1. The zero-order chi connectivity index (χ0) is 26.7. The predicted octanol–water partition coefficient (Wildman–Crippen LogP) is -2.82. The molecule has 2 saturated heterocycles. The van der Waals surface area contributed by atoms with Gasteiger partial charge in [0.15, 0.2) is 0 Å². The number of aliphatic carboxylic acids is 1. The number of amides is 1. The number of β-lactam (4-membered cyclic amide) rings is 1. The van der Waals surface area contributed by atoms with Crippen LogP contribution in [0.4, 0.5) is 0 Å². The number of aromatic nitrogens is 3. The number of hydrogen-bond acceptors (Lipinski definition) is 10. The van der Waals surface area contributed by atoms with E-state index in [-0.39, 0.29) is 52.6 Å². The smallest absolute Gasteiger partial charge is 0.543 e. The van der Waals surface area contributed by atoms with Gasteiger partial charge in [0.25, 0.3) is 0 Å². The van der Waals surface area contributed by atoms with E-state index in [2.05, 4.69) is 14.9 Å². The van der Waals surface area contributed by atoms with E-state index < -0.39 is 29.9 Å². The number of pyridine rings is 1. The molecule has 11 nitrogen and oxygen atoms in total. The molecule has 0 bridgehead atoms. The van der Waals surface area contributed by atoms with E-state index in [1.807, 2.05) is 13.0 Å². The Labute approximate surface area is 250 Å². The second kappa shape index (κ2) is 10.8. The van der Waals surface area contributed by atoms with Crippen LogP contribution in [0.5, 0.6) is 0 Å². The van der Waals surface area contributed by atoms with Crippen molar-refractivity contribution in [1.82, 2.24) is 24.2 Å². The summed E-state index contributed by atoms with van der Waals surface area (Å²) in [6.45, 7) is 7.05. The topological polar surface area (TPSA) is 140 Å². The number of carboxylic acid groups (broad SMARTS) is 1. The van der Waals surface area contributed by atoms with Gasteiger partial charge in [-0.3, -0.25) is 23.9 Å². The van der Waals surface area contributed by atoms with Gasteiger partial charge >= 0.3 is 29.6 Å². The number of ether oxygens (including phenoxy) is 1. The number of morpholine rings is 1. The largest absolute Gasteiger partial charge is 1.00 e. The molecule has 0 saturated carbocycles. The molecule has 2 fully saturated rings. The average molecular weight is 560 g/mol. The summed E-state index contributed by atoms with van der Waals surface area (Å²) in [6, 6.07) is 1.37. The maximum atomic E-state index is 13.5. The van der Waals surface area contributed by atoms with E-state index in [1.165, 1.54) is 35.7 Å². The fourth-order valence-electron chi connectivity index (χ4n) is 5.82. The quantitative estimate of drug-likeness (QED) is 0.184. The van der Waals surface area contributed by atoms with Gasteiger partial charge in [-0.25, -0.2) is 4.98 Å². The molecule has 3 aromatic rings. The average Bonchev–Trinajstić information content (AvgIpc) is 3.54. The third-order valence-electron chi connectivity index (χ3n) is 7.62. The van der Waals surface area contributed by atoms with Gasteiger partial charge in [0.1, 0.15) is 16.9 Å². The number of aliphatic hydroxyl groups excluding tert-OH is 1. The van der Waals surface area contributed by atoms with E-state index in [1.54, 1.807) is 16.8 Å². The fourth-order valence-corrected chi connectivity index (χ4v) is 7.03. The van der Waals surface area contributed by atoms with Crippen molar-refractivity contribution in [2.75, 3.05) is 26.3 Å². The second-order valence-corrected chi connectivity index (χ2v) is 11.0. The number of aliphatic hydroxyl groups is 1. The van der Waals surface area contributed by atoms with Crippen LogP contribution in [0, 0.1) is 11.8 Å². The Balaban J connectivity index is 0.00000308. The summed E-state index contributed by atoms with van der Waals surface area (Å²) in [5.41, 5.74) is 1.88. The van der Waals surface area contributed by atoms with Crippen LogP contribution in [-0.2, 0) is 20.9 Å². The first kappa shape index (κ1) is 28.1. The summed E-state index contributed by atoms with van der Waals surface area (Å²) < 4.78 is 7.09. The molecule has 198 valence electrons. The Morgan fingerprint density at radius 1 is 1.28 bits per heavy atom. The zero-order valence-corrected chi connectivity index (χ0v) is 24.7. The first-order valence-electron chi connectivity index (χ1n) is 12.5. The molecular formula is C26H26N5NaO6S. The van der Waals surface area contributed by atoms with Crippen molar-refractivity contribution in [3.63, 3.8) is 0 Å². The summed E-state index contributed by atoms with van der Waals surface area (Å²) in [6.07, 6.45) is 5.62. The number of imidazole rings is 1. The molecule has 3 aliphatic rings. The maximum absolute atomic E-state index is 13.5. The molecule has 6 heterocycles. The van der Waals surface area contributed by atoms with Crippen LogP contribution < -0.4 is 34.7 Å². The number of nitrogens with zero attached hydrogens (tertiary/aromatic N) is 5. The molecule has 3 aromatic heterocycles. The third kappa shape index (κ3) is 4.67. The van der Waals surface area contributed by atoms with E-state index in [9.17, 15) is 24.6 Å². The Bertz CT molecular complexity index is 1490. The predicted molar refractivity (Wildman–Crippen MR) is 134 cm³/mol. The molecule has 0 aliphatic carbocycles. The molecular weight excluding hydrogens is 533 g/mol. The molecule has 0 aromatic carbocycles. The summed E-state index contributed by atoms with van der Waals surface area (Å²) in [5, 5.41) is 22.2. The third-order valence-corrected chi connectivity index (χ3v) is 8.77. The molecule has 13 heteroatoms. The second-order valence-electron chi connectivity index (χ2n) is 10.0. The fraction of sp³-hybridized carbons (Fsp3) is 0.423. The summed E-state index contributed by atoms with van der Waals surface area (Å²) >= 11 is 1.24. The van der Waals surface area contributed by atoms with Gasteiger partial charge in [-0.2, -0.15) is 0 Å². The normalized spacial score (nSPS) is 23.9. The number of fused-ring (bicyclic) bond motifs is 2. The minimum atomic E-state index is -1.44. The van der Waals surface area contributed by atoms with Crippen LogP contribution in [0.15, 0.2) is 36.7 Å². The van der Waals surface area contributed by atoms with E-state index in [0.29, 0.717) is 40.6 Å². The molecule has 39 heavy (non-hydrogen) atoms. The van der Waals surface area contributed by atoms with Crippen molar-refractivity contribution in [2.45, 2.75) is 32.5 Å². The Kier molecular flexibility index (Phi) is 7.81. The summed E-state index contributed by atoms with van der Waals surface area (Å²) in [4.78, 5) is 51.5.